The minimum Gasteiger partial charge on any atom is -0.354 e. The summed E-state index contributed by atoms with van der Waals surface area (Å²) >= 11 is 1.66. The molecule has 0 aromatic carbocycles. The molecule has 1 N–H and O–H groups in total. The lowest BCUT2D eigenvalue weighted by Gasteiger charge is -2.06. The van der Waals surface area contributed by atoms with Crippen molar-refractivity contribution in [2.75, 3.05) is 6.54 Å². The van der Waals surface area contributed by atoms with E-state index in [0.717, 1.165) is 6.42 Å². The van der Waals surface area contributed by atoms with Crippen LogP contribution in [0.4, 0.5) is 0 Å². The SMILES string of the molecule is Cn1ncc2c(=O)n(CC(=O)NCCc3cccs3)cnc21. The van der Waals surface area contributed by atoms with E-state index in [1.807, 2.05) is 17.5 Å². The van der Waals surface area contributed by atoms with Crippen LogP contribution in [0.1, 0.15) is 4.88 Å². The van der Waals surface area contributed by atoms with E-state index in [0.29, 0.717) is 17.6 Å². The largest absolute Gasteiger partial charge is 0.354 e. The van der Waals surface area contributed by atoms with Crippen molar-refractivity contribution in [3.63, 3.8) is 0 Å². The normalized spacial score (nSPS) is 11.0. The van der Waals surface area contributed by atoms with Crippen LogP contribution in [0.25, 0.3) is 11.0 Å². The van der Waals surface area contributed by atoms with Gasteiger partial charge in [0.1, 0.15) is 18.3 Å². The van der Waals surface area contributed by atoms with Crippen LogP contribution in [-0.4, -0.2) is 31.8 Å². The lowest BCUT2D eigenvalue weighted by Crippen LogP contribution is -2.33. The van der Waals surface area contributed by atoms with Crippen LogP contribution in [0, 0.1) is 0 Å². The van der Waals surface area contributed by atoms with Crippen LogP contribution < -0.4 is 10.9 Å². The molecule has 3 rings (SSSR count). The molecule has 0 saturated carbocycles. The molecule has 0 saturated heterocycles. The molecular weight excluding hydrogens is 302 g/mol. The summed E-state index contributed by atoms with van der Waals surface area (Å²) in [5.74, 6) is -0.205. The number of aryl methyl sites for hydroxylation is 1. The number of rotatable bonds is 5. The molecule has 8 heteroatoms. The molecule has 0 spiro atoms. The minimum absolute atomic E-state index is 0.0406. The molecule has 3 aromatic heterocycles. The van der Waals surface area contributed by atoms with Crippen molar-refractivity contribution in [2.24, 2.45) is 7.05 Å². The van der Waals surface area contributed by atoms with E-state index >= 15 is 0 Å². The van der Waals surface area contributed by atoms with Crippen molar-refractivity contribution >= 4 is 28.3 Å². The smallest absolute Gasteiger partial charge is 0.264 e. The highest BCUT2D eigenvalue weighted by molar-refractivity contribution is 7.09. The third kappa shape index (κ3) is 2.91. The van der Waals surface area contributed by atoms with Crippen molar-refractivity contribution in [2.45, 2.75) is 13.0 Å². The quantitative estimate of drug-likeness (QED) is 0.745. The van der Waals surface area contributed by atoms with E-state index in [4.69, 9.17) is 0 Å². The fraction of sp³-hybridized carbons (Fsp3) is 0.286. The number of carbonyl (C=O) groups excluding carboxylic acids is 1. The van der Waals surface area contributed by atoms with Crippen molar-refractivity contribution in [3.8, 4) is 0 Å². The van der Waals surface area contributed by atoms with Crippen molar-refractivity contribution in [1.29, 1.82) is 0 Å². The number of fused-ring (bicyclic) bond motifs is 1. The zero-order valence-electron chi connectivity index (χ0n) is 12.0. The van der Waals surface area contributed by atoms with Gasteiger partial charge in [0.25, 0.3) is 5.56 Å². The first-order valence-corrected chi connectivity index (χ1v) is 7.69. The predicted octanol–water partition coefficient (Wildman–Crippen LogP) is 0.550. The molecule has 0 radical (unpaired) electrons. The first kappa shape index (κ1) is 14.5. The first-order valence-electron chi connectivity index (χ1n) is 6.81. The summed E-state index contributed by atoms with van der Waals surface area (Å²) in [6.07, 6.45) is 3.64. The van der Waals surface area contributed by atoms with Gasteiger partial charge in [0.05, 0.1) is 6.20 Å². The molecule has 0 fully saturated rings. The maximum Gasteiger partial charge on any atom is 0.264 e. The number of carbonyl (C=O) groups is 1. The van der Waals surface area contributed by atoms with Gasteiger partial charge < -0.3 is 5.32 Å². The maximum atomic E-state index is 12.2. The summed E-state index contributed by atoms with van der Waals surface area (Å²) < 4.78 is 2.83. The second-order valence-electron chi connectivity index (χ2n) is 4.86. The third-order valence-corrected chi connectivity index (χ3v) is 4.24. The fourth-order valence-corrected chi connectivity index (χ4v) is 2.88. The van der Waals surface area contributed by atoms with Crippen LogP contribution in [0.5, 0.6) is 0 Å². The Bertz CT molecular complexity index is 850. The first-order chi connectivity index (χ1) is 10.6. The van der Waals surface area contributed by atoms with Gasteiger partial charge in [-0.05, 0) is 17.9 Å². The van der Waals surface area contributed by atoms with Crippen LogP contribution in [0.2, 0.25) is 0 Å². The second kappa shape index (κ2) is 6.10. The number of nitrogens with zero attached hydrogens (tertiary/aromatic N) is 4. The molecule has 114 valence electrons. The molecule has 0 bridgehead atoms. The van der Waals surface area contributed by atoms with Crippen LogP contribution in [0.3, 0.4) is 0 Å². The van der Waals surface area contributed by atoms with Crippen LogP contribution in [0.15, 0.2) is 34.8 Å². The van der Waals surface area contributed by atoms with Crippen molar-refractivity contribution in [3.05, 3.63) is 45.3 Å². The molecule has 1 amide bonds. The van der Waals surface area contributed by atoms with E-state index in [2.05, 4.69) is 15.4 Å². The van der Waals surface area contributed by atoms with Crippen molar-refractivity contribution in [1.82, 2.24) is 24.6 Å². The van der Waals surface area contributed by atoms with Gasteiger partial charge in [-0.25, -0.2) is 4.98 Å². The van der Waals surface area contributed by atoms with Gasteiger partial charge in [-0.1, -0.05) is 6.07 Å². The molecule has 0 aliphatic carbocycles. The molecular formula is C14H15N5O2S. The topological polar surface area (TPSA) is 81.8 Å². The summed E-state index contributed by atoms with van der Waals surface area (Å²) in [6, 6.07) is 4.01. The van der Waals surface area contributed by atoms with Gasteiger partial charge in [-0.15, -0.1) is 11.3 Å². The Morgan fingerprint density at radius 1 is 1.45 bits per heavy atom. The van der Waals surface area contributed by atoms with E-state index in [1.165, 1.54) is 26.7 Å². The summed E-state index contributed by atoms with van der Waals surface area (Å²) in [4.78, 5) is 29.5. The summed E-state index contributed by atoms with van der Waals surface area (Å²) in [5.41, 5.74) is 0.255. The van der Waals surface area contributed by atoms with E-state index < -0.39 is 0 Å². The predicted molar refractivity (Wildman–Crippen MR) is 83.8 cm³/mol. The van der Waals surface area contributed by atoms with Gasteiger partial charge >= 0.3 is 0 Å². The Morgan fingerprint density at radius 3 is 3.09 bits per heavy atom. The summed E-state index contributed by atoms with van der Waals surface area (Å²) in [6.45, 7) is 0.512. The lowest BCUT2D eigenvalue weighted by molar-refractivity contribution is -0.121. The Hall–Kier alpha value is -2.48. The Kier molecular flexibility index (Phi) is 4.01. The number of hydrogen-bond donors (Lipinski definition) is 1. The van der Waals surface area contributed by atoms with E-state index in [-0.39, 0.29) is 18.0 Å². The standard InChI is InChI=1S/C14H15N5O2S/c1-18-13-11(7-17-18)14(21)19(9-16-13)8-12(20)15-5-4-10-3-2-6-22-10/h2-3,6-7,9H,4-5,8H2,1H3,(H,15,20). The highest BCUT2D eigenvalue weighted by Gasteiger charge is 2.10. The Balaban J connectivity index is 1.64. The zero-order chi connectivity index (χ0) is 15.5. The van der Waals surface area contributed by atoms with Crippen molar-refractivity contribution < 1.29 is 4.79 Å². The number of nitrogens with one attached hydrogen (secondary N) is 1. The number of hydrogen-bond acceptors (Lipinski definition) is 5. The fourth-order valence-electron chi connectivity index (χ4n) is 2.17. The van der Waals surface area contributed by atoms with E-state index in [1.54, 1.807) is 18.4 Å². The Morgan fingerprint density at radius 2 is 2.32 bits per heavy atom. The van der Waals surface area contributed by atoms with Gasteiger partial charge in [-0.2, -0.15) is 5.10 Å². The number of amides is 1. The summed E-state index contributed by atoms with van der Waals surface area (Å²) in [7, 11) is 1.72. The monoisotopic (exact) mass is 317 g/mol. The third-order valence-electron chi connectivity index (χ3n) is 3.31. The molecule has 3 aromatic rings. The molecule has 0 atom stereocenters. The second-order valence-corrected chi connectivity index (χ2v) is 5.89. The van der Waals surface area contributed by atoms with Crippen LogP contribution in [-0.2, 0) is 24.8 Å². The molecule has 7 nitrogen and oxygen atoms in total. The highest BCUT2D eigenvalue weighted by atomic mass is 32.1. The average Bonchev–Trinajstić information content (AvgIpc) is 3.13. The molecule has 22 heavy (non-hydrogen) atoms. The minimum atomic E-state index is -0.258. The molecule has 0 unspecified atom stereocenters. The molecule has 3 heterocycles. The lowest BCUT2D eigenvalue weighted by atomic mass is 10.3. The Labute approximate surface area is 130 Å². The van der Waals surface area contributed by atoms with Gasteiger partial charge in [0, 0.05) is 18.5 Å². The number of thiophene rings is 1. The van der Waals surface area contributed by atoms with Crippen LogP contribution >= 0.6 is 11.3 Å². The summed E-state index contributed by atoms with van der Waals surface area (Å²) in [5, 5.41) is 9.22. The van der Waals surface area contributed by atoms with Gasteiger partial charge in [-0.3, -0.25) is 18.8 Å². The number of aromatic nitrogens is 4. The maximum absolute atomic E-state index is 12.2. The molecule has 0 aliphatic rings. The average molecular weight is 317 g/mol. The van der Waals surface area contributed by atoms with E-state index in [9.17, 15) is 9.59 Å². The molecule has 0 aliphatic heterocycles. The highest BCUT2D eigenvalue weighted by Crippen LogP contribution is 2.08. The zero-order valence-corrected chi connectivity index (χ0v) is 12.8. The van der Waals surface area contributed by atoms with Gasteiger partial charge in [0.2, 0.25) is 5.91 Å². The van der Waals surface area contributed by atoms with Gasteiger partial charge in [0.15, 0.2) is 5.65 Å².